The second-order valence-electron chi connectivity index (χ2n) is 3.61. The van der Waals surface area contributed by atoms with Crippen LogP contribution in [0.25, 0.3) is 0 Å². The van der Waals surface area contributed by atoms with E-state index in [1.165, 1.54) is 12.1 Å². The fourth-order valence-corrected chi connectivity index (χ4v) is 1.63. The van der Waals surface area contributed by atoms with Gasteiger partial charge in [0.25, 0.3) is 0 Å². The van der Waals surface area contributed by atoms with Gasteiger partial charge in [0.15, 0.2) is 5.82 Å². The van der Waals surface area contributed by atoms with E-state index in [4.69, 9.17) is 16.7 Å². The summed E-state index contributed by atoms with van der Waals surface area (Å²) in [7, 11) is 0. The molecule has 1 heterocycles. The monoisotopic (exact) mass is 284 g/mol. The van der Waals surface area contributed by atoms with Gasteiger partial charge in [-0.2, -0.15) is 0 Å². The Kier molecular flexibility index (Phi) is 3.62. The van der Waals surface area contributed by atoms with Crippen molar-refractivity contribution in [3.63, 3.8) is 0 Å². The highest BCUT2D eigenvalue weighted by molar-refractivity contribution is 6.33. The van der Waals surface area contributed by atoms with Crippen molar-refractivity contribution in [2.24, 2.45) is 0 Å². The van der Waals surface area contributed by atoms with Crippen LogP contribution >= 0.6 is 11.6 Å². The number of benzene rings is 1. The van der Waals surface area contributed by atoms with Crippen LogP contribution in [0.2, 0.25) is 5.02 Å². The number of hydrogen-bond acceptors (Lipinski definition) is 3. The van der Waals surface area contributed by atoms with E-state index in [9.17, 15) is 13.6 Å². The highest BCUT2D eigenvalue weighted by Gasteiger charge is 2.11. The van der Waals surface area contributed by atoms with Gasteiger partial charge in [0.1, 0.15) is 11.6 Å². The maximum absolute atomic E-state index is 13.5. The van der Waals surface area contributed by atoms with Crippen LogP contribution in [-0.2, 0) is 0 Å². The number of aromatic carboxylic acids is 1. The first-order valence-electron chi connectivity index (χ1n) is 5.08. The molecule has 0 amide bonds. The summed E-state index contributed by atoms with van der Waals surface area (Å²) >= 11 is 5.70. The molecule has 98 valence electrons. The van der Waals surface area contributed by atoms with Gasteiger partial charge >= 0.3 is 5.97 Å². The lowest BCUT2D eigenvalue weighted by Crippen LogP contribution is -2.01. The van der Waals surface area contributed by atoms with Crippen molar-refractivity contribution < 1.29 is 18.7 Å². The third-order valence-electron chi connectivity index (χ3n) is 2.27. The third kappa shape index (κ3) is 2.97. The molecule has 0 aliphatic heterocycles. The Labute approximate surface area is 111 Å². The molecule has 0 atom stereocenters. The van der Waals surface area contributed by atoms with Gasteiger partial charge in [-0.1, -0.05) is 11.6 Å². The van der Waals surface area contributed by atoms with Crippen LogP contribution in [0.4, 0.5) is 20.3 Å². The molecule has 2 aromatic rings. The van der Waals surface area contributed by atoms with Crippen molar-refractivity contribution in [2.75, 3.05) is 5.32 Å². The van der Waals surface area contributed by atoms with E-state index in [0.717, 1.165) is 12.3 Å². The first-order valence-corrected chi connectivity index (χ1v) is 5.46. The number of halogens is 3. The molecular formula is C12H7ClF2N2O2. The zero-order valence-electron chi connectivity index (χ0n) is 9.32. The fourth-order valence-electron chi connectivity index (χ4n) is 1.38. The Morgan fingerprint density at radius 3 is 2.58 bits per heavy atom. The summed E-state index contributed by atoms with van der Waals surface area (Å²) in [6.45, 7) is 0. The predicted octanol–water partition coefficient (Wildman–Crippen LogP) is 3.46. The van der Waals surface area contributed by atoms with E-state index in [0.29, 0.717) is 6.07 Å². The summed E-state index contributed by atoms with van der Waals surface area (Å²) in [6.07, 6.45) is 1.11. The summed E-state index contributed by atoms with van der Waals surface area (Å²) < 4.78 is 26.4. The normalized spacial score (nSPS) is 10.3. The Balaban J connectivity index is 2.29. The first kappa shape index (κ1) is 13.2. The SMILES string of the molecule is O=C(O)c1ccc(Nc2c(F)cc(F)cc2Cl)nc1. The molecule has 2 rings (SSSR count). The Hall–Kier alpha value is -2.21. The van der Waals surface area contributed by atoms with Gasteiger partial charge in [-0.3, -0.25) is 0 Å². The minimum Gasteiger partial charge on any atom is -0.478 e. The number of hydrogen-bond donors (Lipinski definition) is 2. The maximum atomic E-state index is 13.5. The number of pyridine rings is 1. The lowest BCUT2D eigenvalue weighted by atomic mass is 10.2. The Morgan fingerprint density at radius 1 is 1.32 bits per heavy atom. The molecule has 0 fully saturated rings. The molecule has 0 bridgehead atoms. The zero-order valence-corrected chi connectivity index (χ0v) is 10.1. The standard InChI is InChI=1S/C12H7ClF2N2O2/c13-8-3-7(14)4-9(15)11(8)17-10-2-1-6(5-16-10)12(18)19/h1-5H,(H,16,17)(H,18,19). The molecule has 0 saturated carbocycles. The minimum absolute atomic E-state index is 0.00350. The van der Waals surface area contributed by atoms with Gasteiger partial charge < -0.3 is 10.4 Å². The molecule has 1 aromatic heterocycles. The van der Waals surface area contributed by atoms with E-state index in [1.807, 2.05) is 0 Å². The van der Waals surface area contributed by atoms with Gasteiger partial charge in [0.2, 0.25) is 0 Å². The van der Waals surface area contributed by atoms with Crippen molar-refractivity contribution in [3.8, 4) is 0 Å². The number of aromatic nitrogens is 1. The summed E-state index contributed by atoms with van der Waals surface area (Å²) in [6, 6.07) is 4.29. The summed E-state index contributed by atoms with van der Waals surface area (Å²) in [4.78, 5) is 14.4. The molecular weight excluding hydrogens is 278 g/mol. The van der Waals surface area contributed by atoms with Crippen molar-refractivity contribution in [3.05, 3.63) is 52.7 Å². The smallest absolute Gasteiger partial charge is 0.337 e. The van der Waals surface area contributed by atoms with Gasteiger partial charge in [-0.25, -0.2) is 18.6 Å². The lowest BCUT2D eigenvalue weighted by Gasteiger charge is -2.09. The molecule has 0 saturated heterocycles. The predicted molar refractivity (Wildman–Crippen MR) is 65.8 cm³/mol. The number of carboxylic acid groups (broad SMARTS) is 1. The zero-order chi connectivity index (χ0) is 14.0. The van der Waals surface area contributed by atoms with Gasteiger partial charge in [0.05, 0.1) is 16.3 Å². The van der Waals surface area contributed by atoms with Crippen molar-refractivity contribution >= 4 is 29.1 Å². The van der Waals surface area contributed by atoms with E-state index in [1.54, 1.807) is 0 Å². The van der Waals surface area contributed by atoms with Gasteiger partial charge in [0, 0.05) is 12.3 Å². The summed E-state index contributed by atoms with van der Waals surface area (Å²) in [5.74, 6) is -2.58. The van der Waals surface area contributed by atoms with E-state index >= 15 is 0 Å². The number of anilines is 2. The summed E-state index contributed by atoms with van der Waals surface area (Å²) in [5.41, 5.74) is -0.130. The molecule has 0 aliphatic rings. The fraction of sp³-hybridized carbons (Fsp3) is 0. The largest absolute Gasteiger partial charge is 0.478 e. The topological polar surface area (TPSA) is 62.2 Å². The second-order valence-corrected chi connectivity index (χ2v) is 4.01. The van der Waals surface area contributed by atoms with Crippen molar-refractivity contribution in [2.45, 2.75) is 0 Å². The molecule has 7 heteroatoms. The average Bonchev–Trinajstić information content (AvgIpc) is 2.34. The van der Waals surface area contributed by atoms with E-state index < -0.39 is 17.6 Å². The molecule has 19 heavy (non-hydrogen) atoms. The van der Waals surface area contributed by atoms with Crippen LogP contribution in [-0.4, -0.2) is 16.1 Å². The Bertz CT molecular complexity index is 609. The Morgan fingerprint density at radius 2 is 2.05 bits per heavy atom. The maximum Gasteiger partial charge on any atom is 0.337 e. The van der Waals surface area contributed by atoms with E-state index in [-0.39, 0.29) is 22.1 Å². The number of carbonyl (C=O) groups is 1. The van der Waals surface area contributed by atoms with Crippen molar-refractivity contribution in [1.82, 2.24) is 4.98 Å². The highest BCUT2D eigenvalue weighted by atomic mass is 35.5. The molecule has 4 nitrogen and oxygen atoms in total. The first-order chi connectivity index (χ1) is 8.97. The molecule has 0 radical (unpaired) electrons. The number of nitrogens with zero attached hydrogens (tertiary/aromatic N) is 1. The number of nitrogens with one attached hydrogen (secondary N) is 1. The quantitative estimate of drug-likeness (QED) is 0.906. The summed E-state index contributed by atoms with van der Waals surface area (Å²) in [5, 5.41) is 11.1. The van der Waals surface area contributed by atoms with Crippen LogP contribution in [0.3, 0.4) is 0 Å². The molecule has 0 aliphatic carbocycles. The van der Waals surface area contributed by atoms with Crippen LogP contribution < -0.4 is 5.32 Å². The lowest BCUT2D eigenvalue weighted by molar-refractivity contribution is 0.0696. The minimum atomic E-state index is -1.12. The highest BCUT2D eigenvalue weighted by Crippen LogP contribution is 2.28. The molecule has 1 aromatic carbocycles. The van der Waals surface area contributed by atoms with Crippen LogP contribution in [0.15, 0.2) is 30.5 Å². The molecule has 2 N–H and O–H groups in total. The number of rotatable bonds is 3. The number of carboxylic acids is 1. The molecule has 0 unspecified atom stereocenters. The third-order valence-corrected chi connectivity index (χ3v) is 2.57. The van der Waals surface area contributed by atoms with Crippen molar-refractivity contribution in [1.29, 1.82) is 0 Å². The second kappa shape index (κ2) is 5.19. The van der Waals surface area contributed by atoms with Gasteiger partial charge in [-0.05, 0) is 18.2 Å². The van der Waals surface area contributed by atoms with Crippen LogP contribution in [0.1, 0.15) is 10.4 Å². The van der Waals surface area contributed by atoms with Crippen LogP contribution in [0, 0.1) is 11.6 Å². The average molecular weight is 285 g/mol. The van der Waals surface area contributed by atoms with E-state index in [2.05, 4.69) is 10.3 Å². The van der Waals surface area contributed by atoms with Gasteiger partial charge in [-0.15, -0.1) is 0 Å². The molecule has 0 spiro atoms. The van der Waals surface area contributed by atoms with Crippen LogP contribution in [0.5, 0.6) is 0 Å².